The molecular formula is C15H21N3O2S. The molecule has 1 aliphatic heterocycles. The number of benzene rings is 1. The average molecular weight is 307 g/mol. The first kappa shape index (κ1) is 14.5. The van der Waals surface area contributed by atoms with Crippen LogP contribution < -0.4 is 0 Å². The number of hydrogen-bond acceptors (Lipinski definition) is 4. The molecule has 1 unspecified atom stereocenters. The molecule has 5 nitrogen and oxygen atoms in total. The molecule has 1 aromatic heterocycles. The van der Waals surface area contributed by atoms with Gasteiger partial charge in [-0.05, 0) is 50.6 Å². The Morgan fingerprint density at radius 3 is 2.71 bits per heavy atom. The van der Waals surface area contributed by atoms with Gasteiger partial charge in [0.25, 0.3) is 0 Å². The van der Waals surface area contributed by atoms with E-state index in [-0.39, 0.29) is 11.8 Å². The minimum atomic E-state index is -2.84. The molecule has 2 aromatic rings. The number of fused-ring (bicyclic) bond motifs is 1. The van der Waals surface area contributed by atoms with Gasteiger partial charge in [0.05, 0.1) is 35.5 Å². The maximum absolute atomic E-state index is 11.6. The van der Waals surface area contributed by atoms with E-state index in [9.17, 15) is 8.42 Å². The van der Waals surface area contributed by atoms with Crippen molar-refractivity contribution in [2.75, 3.05) is 18.6 Å². The zero-order valence-electron chi connectivity index (χ0n) is 12.7. The van der Waals surface area contributed by atoms with E-state index in [2.05, 4.69) is 40.4 Å². The second-order valence-electron chi connectivity index (χ2n) is 6.09. The van der Waals surface area contributed by atoms with E-state index in [0.29, 0.717) is 12.4 Å². The molecule has 0 bridgehead atoms. The Morgan fingerprint density at radius 2 is 2.05 bits per heavy atom. The molecule has 6 heteroatoms. The number of aryl methyl sites for hydroxylation is 2. The van der Waals surface area contributed by atoms with E-state index < -0.39 is 9.84 Å². The smallest absolute Gasteiger partial charge is 0.151 e. The second-order valence-corrected chi connectivity index (χ2v) is 8.32. The lowest BCUT2D eigenvalue weighted by Gasteiger charge is -2.23. The van der Waals surface area contributed by atoms with Crippen LogP contribution in [0.2, 0.25) is 0 Å². The first-order valence-corrected chi connectivity index (χ1v) is 9.00. The molecule has 0 spiro atoms. The molecule has 3 rings (SSSR count). The van der Waals surface area contributed by atoms with Gasteiger partial charge in [0.15, 0.2) is 9.84 Å². The van der Waals surface area contributed by atoms with Crippen LogP contribution in [0.3, 0.4) is 0 Å². The van der Waals surface area contributed by atoms with Gasteiger partial charge in [-0.15, -0.1) is 0 Å². The average Bonchev–Trinajstić information content (AvgIpc) is 2.95. The molecule has 0 N–H and O–H groups in total. The fraction of sp³-hybridized carbons (Fsp3) is 0.533. The van der Waals surface area contributed by atoms with Gasteiger partial charge in [-0.3, -0.25) is 4.90 Å². The Bertz CT molecular complexity index is 780. The Labute approximate surface area is 125 Å². The third-order valence-corrected chi connectivity index (χ3v) is 6.19. The first-order valence-electron chi connectivity index (χ1n) is 7.18. The van der Waals surface area contributed by atoms with Crippen LogP contribution in [0.25, 0.3) is 11.0 Å². The van der Waals surface area contributed by atoms with E-state index in [1.807, 2.05) is 13.4 Å². The van der Waals surface area contributed by atoms with Crippen LogP contribution in [0, 0.1) is 13.8 Å². The molecule has 1 aliphatic rings. The summed E-state index contributed by atoms with van der Waals surface area (Å²) in [6.07, 6.45) is 2.56. The highest BCUT2D eigenvalue weighted by Crippen LogP contribution is 2.21. The van der Waals surface area contributed by atoms with E-state index in [1.54, 1.807) is 0 Å². The maximum Gasteiger partial charge on any atom is 0.151 e. The number of rotatable bonds is 3. The predicted molar refractivity (Wildman–Crippen MR) is 84.0 cm³/mol. The quantitative estimate of drug-likeness (QED) is 0.866. The van der Waals surface area contributed by atoms with Crippen molar-refractivity contribution in [3.63, 3.8) is 0 Å². The van der Waals surface area contributed by atoms with Crippen molar-refractivity contribution in [2.24, 2.45) is 0 Å². The van der Waals surface area contributed by atoms with Crippen molar-refractivity contribution in [2.45, 2.75) is 33.0 Å². The van der Waals surface area contributed by atoms with Crippen molar-refractivity contribution in [1.82, 2.24) is 14.5 Å². The molecule has 0 aliphatic carbocycles. The lowest BCUT2D eigenvalue weighted by molar-refractivity contribution is 0.211. The summed E-state index contributed by atoms with van der Waals surface area (Å²) >= 11 is 0. The predicted octanol–water partition coefficient (Wildman–Crippen LogP) is 1.73. The van der Waals surface area contributed by atoms with E-state index in [1.165, 1.54) is 11.1 Å². The van der Waals surface area contributed by atoms with Gasteiger partial charge in [-0.25, -0.2) is 13.4 Å². The number of sulfone groups is 1. The molecule has 21 heavy (non-hydrogen) atoms. The molecule has 1 saturated heterocycles. The van der Waals surface area contributed by atoms with Crippen molar-refractivity contribution >= 4 is 20.9 Å². The highest BCUT2D eigenvalue weighted by Gasteiger charge is 2.30. The molecule has 0 saturated carbocycles. The zero-order valence-corrected chi connectivity index (χ0v) is 13.5. The van der Waals surface area contributed by atoms with Gasteiger partial charge in [0.1, 0.15) is 0 Å². The van der Waals surface area contributed by atoms with E-state index in [4.69, 9.17) is 0 Å². The fourth-order valence-corrected chi connectivity index (χ4v) is 4.71. The van der Waals surface area contributed by atoms with Crippen molar-refractivity contribution < 1.29 is 8.42 Å². The lowest BCUT2D eigenvalue weighted by Crippen LogP contribution is -2.34. The van der Waals surface area contributed by atoms with Gasteiger partial charge in [-0.2, -0.15) is 0 Å². The van der Waals surface area contributed by atoms with Crippen LogP contribution in [0.1, 0.15) is 17.5 Å². The van der Waals surface area contributed by atoms with E-state index in [0.717, 1.165) is 17.5 Å². The van der Waals surface area contributed by atoms with E-state index >= 15 is 0 Å². The SMILES string of the molecule is Cc1cc2ncn(CN(C)C3CCS(=O)(=O)C3)c2cc1C. The normalized spacial score (nSPS) is 21.4. The Kier molecular flexibility index (Phi) is 3.53. The van der Waals surface area contributed by atoms with Crippen molar-refractivity contribution in [3.05, 3.63) is 29.6 Å². The number of imidazole rings is 1. The molecule has 0 radical (unpaired) electrons. The van der Waals surface area contributed by atoms with Gasteiger partial charge < -0.3 is 4.57 Å². The minimum Gasteiger partial charge on any atom is -0.317 e. The fourth-order valence-electron chi connectivity index (χ4n) is 2.90. The minimum absolute atomic E-state index is 0.110. The lowest BCUT2D eigenvalue weighted by atomic mass is 10.1. The summed E-state index contributed by atoms with van der Waals surface area (Å²) in [5, 5.41) is 0. The molecular weight excluding hydrogens is 286 g/mol. The standard InChI is InChI=1S/C15H21N3O2S/c1-11-6-14-15(7-12(11)2)18(9-16-14)10-17(3)13-4-5-21(19,20)8-13/h6-7,9,13H,4-5,8,10H2,1-3H3. The van der Waals surface area contributed by atoms with Crippen LogP contribution in [-0.4, -0.2) is 47.5 Å². The number of aromatic nitrogens is 2. The largest absolute Gasteiger partial charge is 0.317 e. The third kappa shape index (κ3) is 2.82. The van der Waals surface area contributed by atoms with Crippen molar-refractivity contribution in [1.29, 1.82) is 0 Å². The second kappa shape index (κ2) is 5.10. The van der Waals surface area contributed by atoms with Gasteiger partial charge >= 0.3 is 0 Å². The Balaban J connectivity index is 1.83. The van der Waals surface area contributed by atoms with Gasteiger partial charge in [0.2, 0.25) is 0 Å². The third-order valence-electron chi connectivity index (χ3n) is 4.44. The topological polar surface area (TPSA) is 55.2 Å². The molecule has 2 heterocycles. The zero-order chi connectivity index (χ0) is 15.2. The maximum atomic E-state index is 11.6. The first-order chi connectivity index (χ1) is 9.85. The molecule has 1 fully saturated rings. The summed E-state index contributed by atoms with van der Waals surface area (Å²) < 4.78 is 25.3. The van der Waals surface area contributed by atoms with Crippen LogP contribution in [-0.2, 0) is 16.5 Å². The molecule has 114 valence electrons. The molecule has 1 aromatic carbocycles. The Hall–Kier alpha value is -1.40. The van der Waals surface area contributed by atoms with Crippen molar-refractivity contribution in [3.8, 4) is 0 Å². The van der Waals surface area contributed by atoms with Crippen LogP contribution in [0.4, 0.5) is 0 Å². The molecule has 1 atom stereocenters. The number of hydrogen-bond donors (Lipinski definition) is 0. The van der Waals surface area contributed by atoms with Gasteiger partial charge in [0, 0.05) is 6.04 Å². The van der Waals surface area contributed by atoms with Gasteiger partial charge in [-0.1, -0.05) is 0 Å². The van der Waals surface area contributed by atoms with Crippen LogP contribution in [0.15, 0.2) is 18.5 Å². The Morgan fingerprint density at radius 1 is 1.33 bits per heavy atom. The number of nitrogens with zero attached hydrogens (tertiary/aromatic N) is 3. The summed E-state index contributed by atoms with van der Waals surface area (Å²) in [7, 11) is -0.856. The summed E-state index contributed by atoms with van der Waals surface area (Å²) in [4.78, 5) is 6.56. The summed E-state index contributed by atoms with van der Waals surface area (Å²) in [5.41, 5.74) is 4.58. The molecule has 0 amide bonds. The monoisotopic (exact) mass is 307 g/mol. The highest BCUT2D eigenvalue weighted by atomic mass is 32.2. The van der Waals surface area contributed by atoms with Crippen LogP contribution in [0.5, 0.6) is 0 Å². The highest BCUT2D eigenvalue weighted by molar-refractivity contribution is 7.91. The summed E-state index contributed by atoms with van der Waals surface area (Å²) in [5.74, 6) is 0.583. The van der Waals surface area contributed by atoms with Crippen LogP contribution >= 0.6 is 0 Å². The summed E-state index contributed by atoms with van der Waals surface area (Å²) in [6.45, 7) is 4.85. The summed E-state index contributed by atoms with van der Waals surface area (Å²) in [6, 6.07) is 4.36.